The van der Waals surface area contributed by atoms with Gasteiger partial charge in [0.05, 0.1) is 25.4 Å². The number of thiazole rings is 1. The Labute approximate surface area is 123 Å². The van der Waals surface area contributed by atoms with Crippen LogP contribution in [-0.4, -0.2) is 52.5 Å². The van der Waals surface area contributed by atoms with Crippen molar-refractivity contribution in [1.82, 2.24) is 19.6 Å². The molecule has 1 aliphatic rings. The fourth-order valence-electron chi connectivity index (χ4n) is 2.11. The van der Waals surface area contributed by atoms with Gasteiger partial charge >= 0.3 is 6.03 Å². The molecule has 0 aliphatic carbocycles. The summed E-state index contributed by atoms with van der Waals surface area (Å²) in [6.07, 6.45) is 3.66. The number of hydrogen-bond donors (Lipinski definition) is 1. The predicted octanol–water partition coefficient (Wildman–Crippen LogP) is 1.57. The third kappa shape index (κ3) is 3.30. The second kappa shape index (κ2) is 5.57. The van der Waals surface area contributed by atoms with Gasteiger partial charge in [0.1, 0.15) is 6.61 Å². The van der Waals surface area contributed by atoms with Crippen LogP contribution in [0.15, 0.2) is 17.8 Å². The van der Waals surface area contributed by atoms with Crippen LogP contribution in [0.3, 0.4) is 0 Å². The van der Waals surface area contributed by atoms with Crippen LogP contribution >= 0.6 is 11.3 Å². The lowest BCUT2D eigenvalue weighted by atomic mass is 10.3. The zero-order chi connectivity index (χ0) is 14.9. The molecule has 1 fully saturated rings. The predicted molar refractivity (Wildman–Crippen MR) is 72.6 cm³/mol. The van der Waals surface area contributed by atoms with Crippen LogP contribution in [0, 0.1) is 0 Å². The first-order valence-electron chi connectivity index (χ1n) is 6.43. The van der Waals surface area contributed by atoms with E-state index in [2.05, 4.69) is 10.3 Å². The number of nitrogens with zero attached hydrogens (tertiary/aromatic N) is 3. The van der Waals surface area contributed by atoms with Crippen molar-refractivity contribution in [2.45, 2.75) is 12.5 Å². The number of fused-ring (bicyclic) bond motifs is 1. The van der Waals surface area contributed by atoms with Crippen LogP contribution < -0.4 is 5.32 Å². The smallest absolute Gasteiger partial charge is 0.318 e. The highest BCUT2D eigenvalue weighted by atomic mass is 32.1. The number of alkyl halides is 2. The molecule has 9 heteroatoms. The maximum Gasteiger partial charge on any atom is 0.318 e. The number of carbonyl (C=O) groups is 1. The minimum atomic E-state index is -3.01. The second-order valence-electron chi connectivity index (χ2n) is 4.81. The number of urea groups is 1. The van der Waals surface area contributed by atoms with E-state index in [9.17, 15) is 13.6 Å². The summed E-state index contributed by atoms with van der Waals surface area (Å²) in [5.41, 5.74) is 0.688. The molecular weight excluding hydrogens is 302 g/mol. The zero-order valence-corrected chi connectivity index (χ0v) is 11.9. The average Bonchev–Trinajstić information content (AvgIpc) is 2.95. The van der Waals surface area contributed by atoms with Crippen LogP contribution in [0.4, 0.5) is 13.6 Å². The Bertz CT molecular complexity index is 614. The topological polar surface area (TPSA) is 58.9 Å². The van der Waals surface area contributed by atoms with Crippen molar-refractivity contribution in [1.29, 1.82) is 0 Å². The number of rotatable bonds is 2. The number of ether oxygens (including phenoxy) is 1. The summed E-state index contributed by atoms with van der Waals surface area (Å²) >= 11 is 1.49. The van der Waals surface area contributed by atoms with Crippen molar-refractivity contribution in [2.24, 2.45) is 0 Å². The van der Waals surface area contributed by atoms with Gasteiger partial charge in [-0.15, -0.1) is 11.3 Å². The SMILES string of the molecule is O=C(NCc1cn2ccsc2n1)N1CCOCC(F)(F)C1. The van der Waals surface area contributed by atoms with E-state index in [0.29, 0.717) is 5.69 Å². The molecule has 0 spiro atoms. The van der Waals surface area contributed by atoms with Gasteiger partial charge in [0.25, 0.3) is 5.92 Å². The summed E-state index contributed by atoms with van der Waals surface area (Å²) in [6.45, 7) is -0.801. The largest absolute Gasteiger partial charge is 0.373 e. The number of amides is 2. The Morgan fingerprint density at radius 3 is 3.24 bits per heavy atom. The Balaban J connectivity index is 1.59. The van der Waals surface area contributed by atoms with Crippen molar-refractivity contribution in [3.05, 3.63) is 23.5 Å². The summed E-state index contributed by atoms with van der Waals surface area (Å²) < 4.78 is 33.4. The van der Waals surface area contributed by atoms with Crippen LogP contribution in [0.5, 0.6) is 0 Å². The summed E-state index contributed by atoms with van der Waals surface area (Å²) in [6, 6.07) is -0.531. The molecule has 114 valence electrons. The third-order valence-corrected chi connectivity index (χ3v) is 3.86. The molecule has 3 rings (SSSR count). The Kier molecular flexibility index (Phi) is 3.77. The minimum Gasteiger partial charge on any atom is -0.373 e. The van der Waals surface area contributed by atoms with E-state index in [1.807, 2.05) is 16.0 Å². The first kappa shape index (κ1) is 14.2. The fourth-order valence-corrected chi connectivity index (χ4v) is 2.83. The highest BCUT2D eigenvalue weighted by Crippen LogP contribution is 2.18. The van der Waals surface area contributed by atoms with Crippen molar-refractivity contribution in [3.8, 4) is 0 Å². The van der Waals surface area contributed by atoms with Gasteiger partial charge in [0.15, 0.2) is 4.96 Å². The van der Waals surface area contributed by atoms with Gasteiger partial charge in [-0.3, -0.25) is 4.40 Å². The van der Waals surface area contributed by atoms with E-state index in [1.54, 1.807) is 6.20 Å². The maximum atomic E-state index is 13.4. The molecule has 21 heavy (non-hydrogen) atoms. The lowest BCUT2D eigenvalue weighted by molar-refractivity contribution is -0.0652. The molecule has 1 aliphatic heterocycles. The number of imidazole rings is 1. The van der Waals surface area contributed by atoms with E-state index in [-0.39, 0.29) is 19.7 Å². The molecule has 1 saturated heterocycles. The third-order valence-electron chi connectivity index (χ3n) is 3.09. The Morgan fingerprint density at radius 1 is 1.57 bits per heavy atom. The molecule has 1 N–H and O–H groups in total. The van der Waals surface area contributed by atoms with E-state index in [0.717, 1.165) is 9.86 Å². The lowest BCUT2D eigenvalue weighted by Crippen LogP contribution is -2.45. The number of hydrogen-bond acceptors (Lipinski definition) is 4. The van der Waals surface area contributed by atoms with E-state index < -0.39 is 25.1 Å². The monoisotopic (exact) mass is 316 g/mol. The van der Waals surface area contributed by atoms with Crippen molar-refractivity contribution >= 4 is 22.3 Å². The van der Waals surface area contributed by atoms with E-state index in [4.69, 9.17) is 4.74 Å². The molecule has 2 amide bonds. The van der Waals surface area contributed by atoms with Gasteiger partial charge < -0.3 is 15.0 Å². The minimum absolute atomic E-state index is 0.114. The fraction of sp³-hybridized carbons (Fsp3) is 0.500. The molecule has 0 atom stereocenters. The summed E-state index contributed by atoms with van der Waals surface area (Å²) in [4.78, 5) is 18.2. The molecule has 6 nitrogen and oxygen atoms in total. The van der Waals surface area contributed by atoms with E-state index in [1.165, 1.54) is 11.3 Å². The van der Waals surface area contributed by atoms with Gasteiger partial charge in [0, 0.05) is 24.3 Å². The summed E-state index contributed by atoms with van der Waals surface area (Å²) in [5, 5.41) is 4.52. The molecule has 0 unspecified atom stereocenters. The number of nitrogens with one attached hydrogen (secondary N) is 1. The van der Waals surface area contributed by atoms with Gasteiger partial charge in [-0.05, 0) is 0 Å². The normalized spacial score (nSPS) is 18.7. The number of halogens is 2. The maximum absolute atomic E-state index is 13.4. The van der Waals surface area contributed by atoms with Crippen molar-refractivity contribution in [2.75, 3.05) is 26.3 Å². The molecule has 0 aromatic carbocycles. The van der Waals surface area contributed by atoms with Crippen LogP contribution in [0.25, 0.3) is 4.96 Å². The molecule has 0 radical (unpaired) electrons. The first-order valence-corrected chi connectivity index (χ1v) is 7.31. The van der Waals surface area contributed by atoms with E-state index >= 15 is 0 Å². The molecular formula is C12H14F2N4O2S. The van der Waals surface area contributed by atoms with Gasteiger partial charge in [-0.2, -0.15) is 0 Å². The van der Waals surface area contributed by atoms with Gasteiger partial charge in [-0.1, -0.05) is 0 Å². The highest BCUT2D eigenvalue weighted by Gasteiger charge is 2.36. The quantitative estimate of drug-likeness (QED) is 0.915. The van der Waals surface area contributed by atoms with Crippen LogP contribution in [0.1, 0.15) is 5.69 Å². The number of carbonyl (C=O) groups excluding carboxylic acids is 1. The Hall–Kier alpha value is -1.74. The molecule has 0 bridgehead atoms. The summed E-state index contributed by atoms with van der Waals surface area (Å²) in [5.74, 6) is -3.01. The molecule has 3 heterocycles. The van der Waals surface area contributed by atoms with Crippen LogP contribution in [-0.2, 0) is 11.3 Å². The number of aromatic nitrogens is 2. The highest BCUT2D eigenvalue weighted by molar-refractivity contribution is 7.15. The Morgan fingerprint density at radius 2 is 2.43 bits per heavy atom. The van der Waals surface area contributed by atoms with Crippen molar-refractivity contribution < 1.29 is 18.3 Å². The average molecular weight is 316 g/mol. The second-order valence-corrected chi connectivity index (χ2v) is 5.69. The molecule has 0 saturated carbocycles. The van der Waals surface area contributed by atoms with Crippen molar-refractivity contribution in [3.63, 3.8) is 0 Å². The zero-order valence-electron chi connectivity index (χ0n) is 11.1. The van der Waals surface area contributed by atoms with Crippen LogP contribution in [0.2, 0.25) is 0 Å². The van der Waals surface area contributed by atoms with Gasteiger partial charge in [-0.25, -0.2) is 18.6 Å². The van der Waals surface area contributed by atoms with Gasteiger partial charge in [0.2, 0.25) is 0 Å². The lowest BCUT2D eigenvalue weighted by Gasteiger charge is -2.23. The standard InChI is InChI=1S/C12H14F2N4O2S/c13-12(14)7-18(1-3-20-8-12)10(19)15-5-9-6-17-2-4-21-11(17)16-9/h2,4,6H,1,3,5,7-8H2,(H,15,19). The molecule has 2 aromatic rings. The first-order chi connectivity index (χ1) is 10.0. The molecule has 2 aromatic heterocycles. The summed E-state index contributed by atoms with van der Waals surface area (Å²) in [7, 11) is 0.